The molecule has 1 atom stereocenters. The van der Waals surface area contributed by atoms with Gasteiger partial charge < -0.3 is 5.32 Å². The number of nitrogens with one attached hydrogen (secondary N) is 1. The number of hydrogen-bond donors (Lipinski definition) is 1. The number of hydrogen-bond acceptors (Lipinski definition) is 2. The highest BCUT2D eigenvalue weighted by atomic mass is 15.3. The molecule has 3 heteroatoms. The van der Waals surface area contributed by atoms with Crippen LogP contribution in [-0.4, -0.2) is 16.3 Å². The summed E-state index contributed by atoms with van der Waals surface area (Å²) < 4.78 is 1.93. The van der Waals surface area contributed by atoms with Crippen LogP contribution in [0, 0.1) is 0 Å². The van der Waals surface area contributed by atoms with Gasteiger partial charge in [0.2, 0.25) is 0 Å². The molecule has 2 aromatic rings. The monoisotopic (exact) mass is 229 g/mol. The molecule has 0 saturated carbocycles. The first-order valence-electron chi connectivity index (χ1n) is 6.05. The molecule has 90 valence electrons. The fourth-order valence-electron chi connectivity index (χ4n) is 2.06. The molecule has 2 rings (SSSR count). The normalized spacial score (nSPS) is 12.8. The molecule has 1 N–H and O–H groups in total. The molecule has 0 aliphatic rings. The van der Waals surface area contributed by atoms with E-state index in [1.54, 1.807) is 0 Å². The molecule has 0 radical (unpaired) electrons. The van der Waals surface area contributed by atoms with Gasteiger partial charge in [-0.05, 0) is 19.0 Å². The standard InChI is InChI=1S/C14H19N3/c1-4-10-15-12(5-2)14-11-8-6-7-9-13(11)17(3)16-14/h5-9,12,15H,2,4,10H2,1,3H3. The smallest absolute Gasteiger partial charge is 0.0911 e. The number of rotatable bonds is 5. The molecule has 17 heavy (non-hydrogen) atoms. The summed E-state index contributed by atoms with van der Waals surface area (Å²) in [5, 5.41) is 9.24. The van der Waals surface area contributed by atoms with E-state index in [9.17, 15) is 0 Å². The summed E-state index contributed by atoms with van der Waals surface area (Å²) in [6.45, 7) is 7.02. The first-order valence-corrected chi connectivity index (χ1v) is 6.05. The lowest BCUT2D eigenvalue weighted by Gasteiger charge is -2.11. The number of benzene rings is 1. The summed E-state index contributed by atoms with van der Waals surface area (Å²) >= 11 is 0. The van der Waals surface area contributed by atoms with E-state index in [2.05, 4.69) is 36.1 Å². The van der Waals surface area contributed by atoms with Crippen LogP contribution in [0.1, 0.15) is 25.1 Å². The maximum absolute atomic E-state index is 4.60. The average molecular weight is 229 g/mol. The third kappa shape index (κ3) is 2.24. The third-order valence-electron chi connectivity index (χ3n) is 2.93. The van der Waals surface area contributed by atoms with Crippen molar-refractivity contribution in [3.8, 4) is 0 Å². The van der Waals surface area contributed by atoms with Gasteiger partial charge in [0.1, 0.15) is 0 Å². The first kappa shape index (κ1) is 11.9. The van der Waals surface area contributed by atoms with Crippen LogP contribution in [0.25, 0.3) is 10.9 Å². The second kappa shape index (κ2) is 5.15. The van der Waals surface area contributed by atoms with Crippen molar-refractivity contribution in [2.24, 2.45) is 7.05 Å². The third-order valence-corrected chi connectivity index (χ3v) is 2.93. The Kier molecular flexibility index (Phi) is 3.59. The van der Waals surface area contributed by atoms with Crippen LogP contribution in [0.15, 0.2) is 36.9 Å². The van der Waals surface area contributed by atoms with Gasteiger partial charge in [0.25, 0.3) is 0 Å². The molecule has 0 saturated heterocycles. The molecular weight excluding hydrogens is 210 g/mol. The fraction of sp³-hybridized carbons (Fsp3) is 0.357. The van der Waals surface area contributed by atoms with Gasteiger partial charge in [-0.3, -0.25) is 4.68 Å². The molecule has 0 amide bonds. The molecule has 0 fully saturated rings. The lowest BCUT2D eigenvalue weighted by molar-refractivity contribution is 0.593. The maximum Gasteiger partial charge on any atom is 0.0911 e. The minimum Gasteiger partial charge on any atom is -0.305 e. The molecule has 1 aromatic carbocycles. The summed E-state index contributed by atoms with van der Waals surface area (Å²) in [4.78, 5) is 0. The predicted octanol–water partition coefficient (Wildman–Crippen LogP) is 2.80. The average Bonchev–Trinajstić information content (AvgIpc) is 2.69. The Morgan fingerprint density at radius 2 is 2.24 bits per heavy atom. The molecule has 0 aliphatic carbocycles. The first-order chi connectivity index (χ1) is 8.27. The summed E-state index contributed by atoms with van der Waals surface area (Å²) in [6.07, 6.45) is 3.03. The maximum atomic E-state index is 4.60. The van der Waals surface area contributed by atoms with E-state index in [1.807, 2.05) is 29.9 Å². The number of fused-ring (bicyclic) bond motifs is 1. The molecule has 0 bridgehead atoms. The van der Waals surface area contributed by atoms with Gasteiger partial charge in [-0.1, -0.05) is 31.2 Å². The largest absolute Gasteiger partial charge is 0.305 e. The zero-order valence-electron chi connectivity index (χ0n) is 10.5. The minimum absolute atomic E-state index is 0.126. The van der Waals surface area contributed by atoms with E-state index in [0.717, 1.165) is 24.2 Å². The lowest BCUT2D eigenvalue weighted by Crippen LogP contribution is -2.20. The Balaban J connectivity index is 2.43. The van der Waals surface area contributed by atoms with Crippen molar-refractivity contribution in [3.05, 3.63) is 42.6 Å². The molecule has 1 unspecified atom stereocenters. The number of nitrogens with zero attached hydrogens (tertiary/aromatic N) is 2. The summed E-state index contributed by atoms with van der Waals surface area (Å²) in [6, 6.07) is 8.41. The van der Waals surface area contributed by atoms with Crippen LogP contribution in [0.5, 0.6) is 0 Å². The van der Waals surface area contributed by atoms with E-state index in [1.165, 1.54) is 5.39 Å². The molecule has 0 aliphatic heterocycles. The van der Waals surface area contributed by atoms with Crippen molar-refractivity contribution in [1.82, 2.24) is 15.1 Å². The SMILES string of the molecule is C=CC(NCCC)c1nn(C)c2ccccc12. The lowest BCUT2D eigenvalue weighted by atomic mass is 10.1. The second-order valence-corrected chi connectivity index (χ2v) is 4.19. The Bertz CT molecular complexity index is 513. The Labute approximate surface area is 102 Å². The highest BCUT2D eigenvalue weighted by Crippen LogP contribution is 2.23. The number of para-hydroxylation sites is 1. The van der Waals surface area contributed by atoms with Crippen LogP contribution in [-0.2, 0) is 7.05 Å². The van der Waals surface area contributed by atoms with E-state index in [4.69, 9.17) is 0 Å². The van der Waals surface area contributed by atoms with Crippen LogP contribution in [0.4, 0.5) is 0 Å². The predicted molar refractivity (Wildman–Crippen MR) is 71.9 cm³/mol. The number of aromatic nitrogens is 2. The van der Waals surface area contributed by atoms with Crippen molar-refractivity contribution in [3.63, 3.8) is 0 Å². The fourth-order valence-corrected chi connectivity index (χ4v) is 2.06. The van der Waals surface area contributed by atoms with Crippen molar-refractivity contribution < 1.29 is 0 Å². The quantitative estimate of drug-likeness (QED) is 0.799. The van der Waals surface area contributed by atoms with Gasteiger partial charge in [0, 0.05) is 12.4 Å². The van der Waals surface area contributed by atoms with Gasteiger partial charge in [-0.2, -0.15) is 5.10 Å². The van der Waals surface area contributed by atoms with E-state index in [0.29, 0.717) is 0 Å². The van der Waals surface area contributed by atoms with Gasteiger partial charge in [0.05, 0.1) is 17.3 Å². The van der Waals surface area contributed by atoms with Crippen molar-refractivity contribution in [1.29, 1.82) is 0 Å². The van der Waals surface area contributed by atoms with E-state index >= 15 is 0 Å². The van der Waals surface area contributed by atoms with Gasteiger partial charge in [-0.25, -0.2) is 0 Å². The Morgan fingerprint density at radius 1 is 1.47 bits per heavy atom. The van der Waals surface area contributed by atoms with Crippen molar-refractivity contribution in [2.45, 2.75) is 19.4 Å². The van der Waals surface area contributed by atoms with E-state index in [-0.39, 0.29) is 6.04 Å². The van der Waals surface area contributed by atoms with Crippen LogP contribution in [0.2, 0.25) is 0 Å². The minimum atomic E-state index is 0.126. The van der Waals surface area contributed by atoms with Crippen LogP contribution >= 0.6 is 0 Å². The van der Waals surface area contributed by atoms with Crippen LogP contribution in [0.3, 0.4) is 0 Å². The van der Waals surface area contributed by atoms with Crippen molar-refractivity contribution in [2.75, 3.05) is 6.54 Å². The molecule has 3 nitrogen and oxygen atoms in total. The Morgan fingerprint density at radius 3 is 2.94 bits per heavy atom. The molecule has 0 spiro atoms. The second-order valence-electron chi connectivity index (χ2n) is 4.19. The molecule has 1 heterocycles. The van der Waals surface area contributed by atoms with Crippen molar-refractivity contribution >= 4 is 10.9 Å². The molecule has 1 aromatic heterocycles. The molecular formula is C14H19N3. The Hall–Kier alpha value is -1.61. The topological polar surface area (TPSA) is 29.9 Å². The highest BCUT2D eigenvalue weighted by Gasteiger charge is 2.14. The van der Waals surface area contributed by atoms with E-state index < -0.39 is 0 Å². The van der Waals surface area contributed by atoms with Gasteiger partial charge in [0.15, 0.2) is 0 Å². The zero-order chi connectivity index (χ0) is 12.3. The summed E-state index contributed by atoms with van der Waals surface area (Å²) in [5.41, 5.74) is 2.22. The van der Waals surface area contributed by atoms with Gasteiger partial charge >= 0.3 is 0 Å². The summed E-state index contributed by atoms with van der Waals surface area (Å²) in [5.74, 6) is 0. The summed E-state index contributed by atoms with van der Waals surface area (Å²) in [7, 11) is 1.98. The number of aryl methyl sites for hydroxylation is 1. The zero-order valence-corrected chi connectivity index (χ0v) is 10.5. The van der Waals surface area contributed by atoms with Crippen LogP contribution < -0.4 is 5.32 Å². The van der Waals surface area contributed by atoms with Gasteiger partial charge in [-0.15, -0.1) is 6.58 Å². The highest BCUT2D eigenvalue weighted by molar-refractivity contribution is 5.82.